The molecule has 2 aliphatic rings. The fourth-order valence-electron chi connectivity index (χ4n) is 3.11. The molecule has 0 aromatic rings. The van der Waals surface area contributed by atoms with Crippen molar-refractivity contribution < 1.29 is 9.90 Å². The van der Waals surface area contributed by atoms with Crippen molar-refractivity contribution in [3.63, 3.8) is 0 Å². The van der Waals surface area contributed by atoms with Gasteiger partial charge in [0.25, 0.3) is 0 Å². The van der Waals surface area contributed by atoms with Crippen molar-refractivity contribution in [2.75, 3.05) is 0 Å². The van der Waals surface area contributed by atoms with Crippen molar-refractivity contribution in [1.82, 2.24) is 0 Å². The van der Waals surface area contributed by atoms with E-state index in [1.807, 2.05) is 0 Å². The van der Waals surface area contributed by atoms with Crippen molar-refractivity contribution in [2.45, 2.75) is 59.0 Å². The lowest BCUT2D eigenvalue weighted by Crippen LogP contribution is -2.41. The van der Waals surface area contributed by atoms with Crippen LogP contribution in [0.4, 0.5) is 0 Å². The lowest BCUT2D eigenvalue weighted by molar-refractivity contribution is -0.112. The normalized spacial score (nSPS) is 36.2. The first kappa shape index (κ1) is 13.5. The zero-order valence-corrected chi connectivity index (χ0v) is 11.7. The number of aliphatic hydroxyl groups excluding tert-OH is 1. The van der Waals surface area contributed by atoms with Gasteiger partial charge >= 0.3 is 0 Å². The van der Waals surface area contributed by atoms with Gasteiger partial charge in [-0.2, -0.15) is 0 Å². The van der Waals surface area contributed by atoms with Crippen LogP contribution in [0.3, 0.4) is 0 Å². The van der Waals surface area contributed by atoms with E-state index in [9.17, 15) is 9.90 Å². The van der Waals surface area contributed by atoms with Crippen molar-refractivity contribution in [1.29, 1.82) is 0 Å². The Kier molecular flexibility index (Phi) is 3.76. The van der Waals surface area contributed by atoms with Crippen LogP contribution in [-0.2, 0) is 4.79 Å². The zero-order valence-electron chi connectivity index (χ0n) is 11.7. The summed E-state index contributed by atoms with van der Waals surface area (Å²) in [4.78, 5) is 12.1. The Morgan fingerprint density at radius 2 is 2.33 bits per heavy atom. The summed E-state index contributed by atoms with van der Waals surface area (Å²) < 4.78 is 0. The number of ketones is 1. The number of aliphatic hydroxyl groups is 1. The predicted molar refractivity (Wildman–Crippen MR) is 73.2 cm³/mol. The second-order valence-corrected chi connectivity index (χ2v) is 6.11. The molecule has 0 saturated heterocycles. The Bertz CT molecular complexity index is 405. The Morgan fingerprint density at radius 3 is 3.00 bits per heavy atom. The molecule has 0 aliphatic heterocycles. The molecule has 0 radical (unpaired) electrons. The molecular weight excluding hydrogens is 224 g/mol. The number of hydrogen-bond acceptors (Lipinski definition) is 2. The maximum absolute atomic E-state index is 12.1. The lowest BCUT2D eigenvalue weighted by atomic mass is 9.63. The summed E-state index contributed by atoms with van der Waals surface area (Å²) in [6, 6.07) is 0. The molecule has 2 nitrogen and oxygen atoms in total. The van der Waals surface area contributed by atoms with Crippen LogP contribution in [0.1, 0.15) is 52.9 Å². The van der Waals surface area contributed by atoms with Crippen molar-refractivity contribution in [3.05, 3.63) is 23.3 Å². The van der Waals surface area contributed by atoms with Gasteiger partial charge in [0, 0.05) is 5.41 Å². The van der Waals surface area contributed by atoms with Gasteiger partial charge in [-0.1, -0.05) is 38.8 Å². The maximum atomic E-state index is 12.1. The molecule has 2 aliphatic carbocycles. The minimum atomic E-state index is -0.300. The Balaban J connectivity index is 2.33. The molecule has 0 aromatic carbocycles. The minimum Gasteiger partial charge on any atom is -0.392 e. The molecule has 2 rings (SSSR count). The van der Waals surface area contributed by atoms with Gasteiger partial charge in [0.1, 0.15) is 0 Å². The number of fused-ring (bicyclic) bond motifs is 1. The fraction of sp³-hybridized carbons (Fsp3) is 0.688. The third-order valence-corrected chi connectivity index (χ3v) is 4.70. The van der Waals surface area contributed by atoms with E-state index in [2.05, 4.69) is 26.8 Å². The Morgan fingerprint density at radius 1 is 1.61 bits per heavy atom. The van der Waals surface area contributed by atoms with Crippen LogP contribution in [0, 0.1) is 11.3 Å². The molecule has 0 amide bonds. The Labute approximate surface area is 110 Å². The molecule has 3 atom stereocenters. The SMILES string of the molecule is CCC(C)/C=C1\CC2(C)C(=CC1=O)CCCC2O. The smallest absolute Gasteiger partial charge is 0.181 e. The molecule has 18 heavy (non-hydrogen) atoms. The molecule has 1 N–H and O–H groups in total. The van der Waals surface area contributed by atoms with Gasteiger partial charge in [-0.15, -0.1) is 0 Å². The first-order valence-corrected chi connectivity index (χ1v) is 7.11. The third-order valence-electron chi connectivity index (χ3n) is 4.70. The van der Waals surface area contributed by atoms with Crippen molar-refractivity contribution >= 4 is 5.78 Å². The topological polar surface area (TPSA) is 37.3 Å². The van der Waals surface area contributed by atoms with Crippen LogP contribution in [0.5, 0.6) is 0 Å². The summed E-state index contributed by atoms with van der Waals surface area (Å²) in [7, 11) is 0. The second-order valence-electron chi connectivity index (χ2n) is 6.11. The van der Waals surface area contributed by atoms with E-state index in [4.69, 9.17) is 0 Å². The van der Waals surface area contributed by atoms with Crippen LogP contribution in [0.15, 0.2) is 23.3 Å². The van der Waals surface area contributed by atoms with E-state index in [1.54, 1.807) is 6.08 Å². The first-order valence-electron chi connectivity index (χ1n) is 7.11. The number of carbonyl (C=O) groups excluding carboxylic acids is 1. The Hall–Kier alpha value is -0.890. The quantitative estimate of drug-likeness (QED) is 0.760. The van der Waals surface area contributed by atoms with Gasteiger partial charge in [0.2, 0.25) is 0 Å². The molecular formula is C16H24O2. The van der Waals surface area contributed by atoms with E-state index >= 15 is 0 Å². The summed E-state index contributed by atoms with van der Waals surface area (Å²) in [5.74, 6) is 0.597. The predicted octanol–water partition coefficient (Wildman–Crippen LogP) is 3.41. The minimum absolute atomic E-state index is 0.164. The second kappa shape index (κ2) is 5.00. The summed E-state index contributed by atoms with van der Waals surface area (Å²) in [6.07, 6.45) is 8.18. The van der Waals surface area contributed by atoms with Crippen LogP contribution in [0.2, 0.25) is 0 Å². The molecule has 0 heterocycles. The van der Waals surface area contributed by atoms with E-state index in [0.717, 1.165) is 36.8 Å². The van der Waals surface area contributed by atoms with Gasteiger partial charge in [0.15, 0.2) is 5.78 Å². The van der Waals surface area contributed by atoms with Gasteiger partial charge in [0.05, 0.1) is 6.10 Å². The number of carbonyl (C=O) groups is 1. The van der Waals surface area contributed by atoms with Crippen molar-refractivity contribution in [3.8, 4) is 0 Å². The molecule has 3 unspecified atom stereocenters. The highest BCUT2D eigenvalue weighted by Crippen LogP contribution is 2.48. The highest BCUT2D eigenvalue weighted by Gasteiger charge is 2.43. The number of rotatable bonds is 2. The summed E-state index contributed by atoms with van der Waals surface area (Å²) in [5, 5.41) is 10.3. The van der Waals surface area contributed by atoms with Crippen LogP contribution < -0.4 is 0 Å². The first-order chi connectivity index (χ1) is 8.47. The van der Waals surface area contributed by atoms with Gasteiger partial charge in [-0.3, -0.25) is 4.79 Å². The fourth-order valence-corrected chi connectivity index (χ4v) is 3.11. The zero-order chi connectivity index (χ0) is 13.3. The third kappa shape index (κ3) is 2.31. The molecule has 0 bridgehead atoms. The van der Waals surface area contributed by atoms with E-state index < -0.39 is 0 Å². The van der Waals surface area contributed by atoms with E-state index in [1.165, 1.54) is 0 Å². The lowest BCUT2D eigenvalue weighted by Gasteiger charge is -2.43. The summed E-state index contributed by atoms with van der Waals surface area (Å²) in [6.45, 7) is 6.38. The van der Waals surface area contributed by atoms with Crippen molar-refractivity contribution in [2.24, 2.45) is 11.3 Å². The van der Waals surface area contributed by atoms with Gasteiger partial charge < -0.3 is 5.11 Å². The molecule has 1 saturated carbocycles. The van der Waals surface area contributed by atoms with E-state index in [0.29, 0.717) is 12.3 Å². The molecule has 0 spiro atoms. The molecule has 2 heteroatoms. The van der Waals surface area contributed by atoms with Gasteiger partial charge in [-0.25, -0.2) is 0 Å². The van der Waals surface area contributed by atoms with E-state index in [-0.39, 0.29) is 17.3 Å². The molecule has 0 aromatic heterocycles. The molecule has 1 fully saturated rings. The average Bonchev–Trinajstić information content (AvgIpc) is 2.33. The van der Waals surface area contributed by atoms with Crippen LogP contribution in [0.25, 0.3) is 0 Å². The van der Waals surface area contributed by atoms with Crippen LogP contribution >= 0.6 is 0 Å². The monoisotopic (exact) mass is 248 g/mol. The summed E-state index contributed by atoms with van der Waals surface area (Å²) >= 11 is 0. The largest absolute Gasteiger partial charge is 0.392 e. The van der Waals surface area contributed by atoms with Gasteiger partial charge in [-0.05, 0) is 43.3 Å². The van der Waals surface area contributed by atoms with Crippen LogP contribution in [-0.4, -0.2) is 17.0 Å². The average molecular weight is 248 g/mol. The standard InChI is InChI=1S/C16H24O2/c1-4-11(2)8-12-10-16(3)13(9-14(12)17)6-5-7-15(16)18/h8-9,11,15,18H,4-7,10H2,1-3H3/b12-8+. The number of hydrogen-bond donors (Lipinski definition) is 1. The maximum Gasteiger partial charge on any atom is 0.181 e. The highest BCUT2D eigenvalue weighted by molar-refractivity contribution is 6.05. The highest BCUT2D eigenvalue weighted by atomic mass is 16.3. The number of allylic oxidation sites excluding steroid dienone is 3. The molecule has 100 valence electrons. The summed E-state index contributed by atoms with van der Waals surface area (Å²) in [5.41, 5.74) is 1.86.